The van der Waals surface area contributed by atoms with Gasteiger partial charge in [-0.2, -0.15) is 0 Å². The molecule has 2 aromatic rings. The van der Waals surface area contributed by atoms with Crippen molar-refractivity contribution in [1.29, 1.82) is 0 Å². The Balaban J connectivity index is 1.55. The molecule has 0 atom stereocenters. The van der Waals surface area contributed by atoms with E-state index in [0.29, 0.717) is 25.7 Å². The van der Waals surface area contributed by atoms with E-state index >= 15 is 0 Å². The molecule has 0 aliphatic heterocycles. The van der Waals surface area contributed by atoms with Crippen molar-refractivity contribution in [1.82, 2.24) is 9.80 Å². The first kappa shape index (κ1) is 29.5. The molecule has 0 fully saturated rings. The summed E-state index contributed by atoms with van der Waals surface area (Å²) in [4.78, 5) is 51.0. The molecule has 2 N–H and O–H groups in total. The number of nitrogens with one attached hydrogen (secondary N) is 2. The van der Waals surface area contributed by atoms with Gasteiger partial charge in [-0.15, -0.1) is 0 Å². The van der Waals surface area contributed by atoms with Crippen molar-refractivity contribution in [2.45, 2.75) is 57.8 Å². The summed E-state index contributed by atoms with van der Waals surface area (Å²) in [6, 6.07) is 14.7. The number of carbonyl (C=O) groups is 4. The van der Waals surface area contributed by atoms with E-state index in [4.69, 9.17) is 0 Å². The summed E-state index contributed by atoms with van der Waals surface area (Å²) in [5.74, 6) is 0.0400. The molecule has 8 nitrogen and oxygen atoms in total. The van der Waals surface area contributed by atoms with E-state index in [1.807, 2.05) is 48.5 Å². The van der Waals surface area contributed by atoms with E-state index in [0.717, 1.165) is 54.6 Å². The standard InChI is InChI=1S/C29H40N4O4/c1-32(2)28(36)20-22-12-16-24(17-13-22)30-26(34)10-8-6-5-7-9-11-27(35)31-25-18-14-23(15-19-25)21-29(37)33(3)4/h12-19H,5-11,20-21H2,1-4H3,(H,30,34)(H,31,35). The predicted octanol–water partition coefficient (Wildman–Crippen LogP) is 4.26. The van der Waals surface area contributed by atoms with Gasteiger partial charge >= 0.3 is 0 Å². The van der Waals surface area contributed by atoms with Gasteiger partial charge < -0.3 is 20.4 Å². The van der Waals surface area contributed by atoms with Crippen LogP contribution in [0.25, 0.3) is 0 Å². The van der Waals surface area contributed by atoms with Gasteiger partial charge in [0.2, 0.25) is 23.6 Å². The van der Waals surface area contributed by atoms with Crippen LogP contribution in [0.2, 0.25) is 0 Å². The molecule has 0 radical (unpaired) electrons. The average Bonchev–Trinajstić information content (AvgIpc) is 2.85. The summed E-state index contributed by atoms with van der Waals surface area (Å²) >= 11 is 0. The van der Waals surface area contributed by atoms with Gasteiger partial charge in [0.1, 0.15) is 0 Å². The number of anilines is 2. The molecular weight excluding hydrogens is 468 g/mol. The predicted molar refractivity (Wildman–Crippen MR) is 147 cm³/mol. The number of unbranched alkanes of at least 4 members (excludes halogenated alkanes) is 4. The Morgan fingerprint density at radius 3 is 1.19 bits per heavy atom. The number of rotatable bonds is 14. The molecule has 200 valence electrons. The molecule has 0 heterocycles. The highest BCUT2D eigenvalue weighted by molar-refractivity contribution is 5.91. The lowest BCUT2D eigenvalue weighted by atomic mass is 10.1. The van der Waals surface area contributed by atoms with Crippen LogP contribution in [0, 0.1) is 0 Å². The number of benzene rings is 2. The highest BCUT2D eigenvalue weighted by Crippen LogP contribution is 2.14. The maximum Gasteiger partial charge on any atom is 0.226 e. The number of carbonyl (C=O) groups excluding carboxylic acids is 4. The second kappa shape index (κ2) is 15.4. The van der Waals surface area contributed by atoms with E-state index in [-0.39, 0.29) is 23.6 Å². The van der Waals surface area contributed by atoms with Crippen molar-refractivity contribution in [3.63, 3.8) is 0 Å². The van der Waals surface area contributed by atoms with Gasteiger partial charge in [0.25, 0.3) is 0 Å². The van der Waals surface area contributed by atoms with Gasteiger partial charge in [-0.1, -0.05) is 43.5 Å². The lowest BCUT2D eigenvalue weighted by molar-refractivity contribution is -0.128. The summed E-state index contributed by atoms with van der Waals surface area (Å²) in [7, 11) is 6.92. The normalized spacial score (nSPS) is 10.5. The fourth-order valence-electron chi connectivity index (χ4n) is 3.63. The summed E-state index contributed by atoms with van der Waals surface area (Å²) in [6.07, 6.45) is 6.05. The van der Waals surface area contributed by atoms with Gasteiger partial charge in [-0.3, -0.25) is 19.2 Å². The molecule has 8 heteroatoms. The Morgan fingerprint density at radius 1 is 0.541 bits per heavy atom. The van der Waals surface area contributed by atoms with Crippen LogP contribution >= 0.6 is 0 Å². The minimum atomic E-state index is -0.0198. The smallest absolute Gasteiger partial charge is 0.226 e. The van der Waals surface area contributed by atoms with Crippen molar-refractivity contribution in [2.24, 2.45) is 0 Å². The Labute approximate surface area is 220 Å². The van der Waals surface area contributed by atoms with Crippen LogP contribution in [-0.2, 0) is 32.0 Å². The summed E-state index contributed by atoms with van der Waals surface area (Å²) in [5, 5.41) is 5.79. The van der Waals surface area contributed by atoms with Gasteiger partial charge in [-0.05, 0) is 48.2 Å². The van der Waals surface area contributed by atoms with Crippen molar-refractivity contribution in [2.75, 3.05) is 38.8 Å². The second-order valence-electron chi connectivity index (χ2n) is 9.69. The van der Waals surface area contributed by atoms with Crippen LogP contribution < -0.4 is 10.6 Å². The highest BCUT2D eigenvalue weighted by Gasteiger charge is 2.08. The Kier molecular flexibility index (Phi) is 12.3. The fraction of sp³-hybridized carbons (Fsp3) is 0.448. The molecule has 0 aromatic heterocycles. The molecule has 4 amide bonds. The van der Waals surface area contributed by atoms with Gasteiger partial charge in [-0.25, -0.2) is 0 Å². The number of amides is 4. The first-order valence-electron chi connectivity index (χ1n) is 12.8. The third kappa shape index (κ3) is 11.7. The lowest BCUT2D eigenvalue weighted by Gasteiger charge is -2.11. The maximum atomic E-state index is 12.2. The van der Waals surface area contributed by atoms with E-state index in [1.165, 1.54) is 0 Å². The SMILES string of the molecule is CN(C)C(=O)Cc1ccc(NC(=O)CCCCCCCC(=O)Nc2ccc(CC(=O)N(C)C)cc2)cc1. The topological polar surface area (TPSA) is 98.8 Å². The third-order valence-corrected chi connectivity index (χ3v) is 5.99. The van der Waals surface area contributed by atoms with Crippen LogP contribution in [0.1, 0.15) is 56.1 Å². The molecule has 0 saturated heterocycles. The van der Waals surface area contributed by atoms with E-state index in [9.17, 15) is 19.2 Å². The van der Waals surface area contributed by atoms with E-state index in [1.54, 1.807) is 38.0 Å². The molecule has 0 bridgehead atoms. The summed E-state index contributed by atoms with van der Waals surface area (Å²) in [5.41, 5.74) is 3.29. The molecule has 0 aliphatic carbocycles. The zero-order chi connectivity index (χ0) is 27.2. The molecule has 0 saturated carbocycles. The van der Waals surface area contributed by atoms with Crippen LogP contribution in [-0.4, -0.2) is 61.6 Å². The Hall–Kier alpha value is -3.68. The fourth-order valence-corrected chi connectivity index (χ4v) is 3.63. The highest BCUT2D eigenvalue weighted by atomic mass is 16.2. The molecule has 2 aromatic carbocycles. The van der Waals surface area contributed by atoms with Crippen molar-refractivity contribution >= 4 is 35.0 Å². The van der Waals surface area contributed by atoms with Crippen LogP contribution in [0.4, 0.5) is 11.4 Å². The van der Waals surface area contributed by atoms with Gasteiger partial charge in [0.05, 0.1) is 12.8 Å². The summed E-state index contributed by atoms with van der Waals surface area (Å²) in [6.45, 7) is 0. The number of nitrogens with zero attached hydrogens (tertiary/aromatic N) is 2. The van der Waals surface area contributed by atoms with Gasteiger partial charge in [0.15, 0.2) is 0 Å². The minimum Gasteiger partial charge on any atom is -0.349 e. The third-order valence-electron chi connectivity index (χ3n) is 5.99. The zero-order valence-electron chi connectivity index (χ0n) is 22.5. The number of likely N-dealkylation sites (N-methyl/N-ethyl adjacent to an activating group) is 2. The molecule has 2 rings (SSSR count). The van der Waals surface area contributed by atoms with Crippen molar-refractivity contribution in [3.05, 3.63) is 59.7 Å². The van der Waals surface area contributed by atoms with Crippen LogP contribution in [0.15, 0.2) is 48.5 Å². The number of hydrogen-bond acceptors (Lipinski definition) is 4. The van der Waals surface area contributed by atoms with Crippen molar-refractivity contribution in [3.8, 4) is 0 Å². The Bertz CT molecular complexity index is 947. The molecular formula is C29H40N4O4. The molecule has 0 unspecified atom stereocenters. The first-order chi connectivity index (χ1) is 17.6. The second-order valence-corrected chi connectivity index (χ2v) is 9.69. The van der Waals surface area contributed by atoms with Crippen LogP contribution in [0.3, 0.4) is 0 Å². The molecule has 37 heavy (non-hydrogen) atoms. The zero-order valence-corrected chi connectivity index (χ0v) is 22.5. The van der Waals surface area contributed by atoms with E-state index in [2.05, 4.69) is 10.6 Å². The van der Waals surface area contributed by atoms with Gasteiger partial charge in [0, 0.05) is 52.4 Å². The quantitative estimate of drug-likeness (QED) is 0.373. The first-order valence-corrected chi connectivity index (χ1v) is 12.8. The largest absolute Gasteiger partial charge is 0.349 e. The number of hydrogen-bond donors (Lipinski definition) is 2. The summed E-state index contributed by atoms with van der Waals surface area (Å²) < 4.78 is 0. The minimum absolute atomic E-state index is 0.0198. The van der Waals surface area contributed by atoms with Crippen molar-refractivity contribution < 1.29 is 19.2 Å². The monoisotopic (exact) mass is 508 g/mol. The lowest BCUT2D eigenvalue weighted by Crippen LogP contribution is -2.23. The Morgan fingerprint density at radius 2 is 0.865 bits per heavy atom. The average molecular weight is 509 g/mol. The maximum absolute atomic E-state index is 12.2. The molecule has 0 spiro atoms. The molecule has 0 aliphatic rings. The van der Waals surface area contributed by atoms with E-state index < -0.39 is 0 Å². The van der Waals surface area contributed by atoms with Crippen LogP contribution in [0.5, 0.6) is 0 Å².